The fraction of sp³-hybridized carbons (Fsp3) is 0.500. The Labute approximate surface area is 106 Å². The molecule has 0 radical (unpaired) electrons. The minimum Gasteiger partial charge on any atom is -0.493 e. The van der Waals surface area contributed by atoms with Gasteiger partial charge in [0.2, 0.25) is 0 Å². The Morgan fingerprint density at radius 3 is 3.11 bits per heavy atom. The van der Waals surface area contributed by atoms with E-state index in [9.17, 15) is 4.79 Å². The highest BCUT2D eigenvalue weighted by molar-refractivity contribution is 6.00. The third kappa shape index (κ3) is 1.91. The van der Waals surface area contributed by atoms with Gasteiger partial charge in [0.25, 0.3) is 0 Å². The summed E-state index contributed by atoms with van der Waals surface area (Å²) in [5.41, 5.74) is 5.86. The number of ether oxygens (including phenoxy) is 1. The molecule has 0 amide bonds. The average Bonchev–Trinajstić information content (AvgIpc) is 2.83. The Morgan fingerprint density at radius 1 is 1.39 bits per heavy atom. The third-order valence-electron chi connectivity index (χ3n) is 3.74. The first kappa shape index (κ1) is 11.7. The van der Waals surface area contributed by atoms with E-state index in [1.54, 1.807) is 7.05 Å². The van der Waals surface area contributed by atoms with Gasteiger partial charge in [0, 0.05) is 24.9 Å². The summed E-state index contributed by atoms with van der Waals surface area (Å²) < 4.78 is 5.53. The molecule has 1 unspecified atom stereocenters. The lowest BCUT2D eigenvalue weighted by Gasteiger charge is -2.23. The number of aryl methyl sites for hydroxylation is 1. The Kier molecular flexibility index (Phi) is 3.06. The van der Waals surface area contributed by atoms with E-state index in [2.05, 4.69) is 11.5 Å². The SMILES string of the molecule is CNOCC1CCc2cc3c(cc2C1=O)OCC3. The second-order valence-corrected chi connectivity index (χ2v) is 4.83. The molecule has 2 aliphatic rings. The van der Waals surface area contributed by atoms with Crippen molar-refractivity contribution in [3.63, 3.8) is 0 Å². The molecular formula is C14H17NO3. The lowest BCUT2D eigenvalue weighted by molar-refractivity contribution is 0.0278. The van der Waals surface area contributed by atoms with Crippen molar-refractivity contribution < 1.29 is 14.4 Å². The van der Waals surface area contributed by atoms with Crippen LogP contribution in [-0.4, -0.2) is 26.0 Å². The van der Waals surface area contributed by atoms with Crippen LogP contribution in [0.2, 0.25) is 0 Å². The van der Waals surface area contributed by atoms with Gasteiger partial charge in [0.05, 0.1) is 13.2 Å². The van der Waals surface area contributed by atoms with Gasteiger partial charge in [0.15, 0.2) is 5.78 Å². The molecule has 0 fully saturated rings. The molecular weight excluding hydrogens is 230 g/mol. The molecule has 1 N–H and O–H groups in total. The van der Waals surface area contributed by atoms with Gasteiger partial charge in [-0.25, -0.2) is 5.48 Å². The third-order valence-corrected chi connectivity index (χ3v) is 3.74. The van der Waals surface area contributed by atoms with Crippen LogP contribution in [0.4, 0.5) is 0 Å². The molecule has 1 atom stereocenters. The molecule has 1 aliphatic heterocycles. The van der Waals surface area contributed by atoms with Crippen molar-refractivity contribution in [1.82, 2.24) is 5.48 Å². The van der Waals surface area contributed by atoms with Crippen molar-refractivity contribution in [3.8, 4) is 5.75 Å². The lowest BCUT2D eigenvalue weighted by Crippen LogP contribution is -2.28. The van der Waals surface area contributed by atoms with E-state index < -0.39 is 0 Å². The van der Waals surface area contributed by atoms with Crippen molar-refractivity contribution in [1.29, 1.82) is 0 Å². The maximum absolute atomic E-state index is 12.4. The van der Waals surface area contributed by atoms with Crippen LogP contribution in [0.1, 0.15) is 27.9 Å². The van der Waals surface area contributed by atoms with Crippen molar-refractivity contribution in [2.45, 2.75) is 19.3 Å². The minimum atomic E-state index is -0.0376. The lowest BCUT2D eigenvalue weighted by atomic mass is 9.82. The number of ketones is 1. The summed E-state index contributed by atoms with van der Waals surface area (Å²) in [5.74, 6) is 1.03. The van der Waals surface area contributed by atoms with Gasteiger partial charge in [-0.15, -0.1) is 0 Å². The summed E-state index contributed by atoms with van der Waals surface area (Å²) in [6, 6.07) is 4.07. The molecule has 3 rings (SSSR count). The number of hydrogen-bond donors (Lipinski definition) is 1. The highest BCUT2D eigenvalue weighted by Crippen LogP contribution is 2.34. The van der Waals surface area contributed by atoms with E-state index >= 15 is 0 Å². The molecule has 0 aromatic heterocycles. The number of hydroxylamine groups is 1. The Balaban J connectivity index is 1.88. The average molecular weight is 247 g/mol. The summed E-state index contributed by atoms with van der Waals surface area (Å²) in [4.78, 5) is 17.5. The number of Topliss-reactive ketones (excluding diaryl/α,β-unsaturated/α-hetero) is 1. The molecule has 1 aromatic rings. The summed E-state index contributed by atoms with van der Waals surface area (Å²) in [6.45, 7) is 1.17. The largest absolute Gasteiger partial charge is 0.493 e. The van der Waals surface area contributed by atoms with E-state index in [1.165, 1.54) is 11.1 Å². The van der Waals surface area contributed by atoms with Gasteiger partial charge < -0.3 is 9.57 Å². The monoisotopic (exact) mass is 247 g/mol. The van der Waals surface area contributed by atoms with E-state index in [4.69, 9.17) is 9.57 Å². The predicted molar refractivity (Wildman–Crippen MR) is 66.8 cm³/mol. The van der Waals surface area contributed by atoms with Crippen LogP contribution in [0, 0.1) is 5.92 Å². The summed E-state index contributed by atoms with van der Waals surface area (Å²) in [7, 11) is 1.71. The molecule has 1 aromatic carbocycles. The minimum absolute atomic E-state index is 0.0376. The second-order valence-electron chi connectivity index (χ2n) is 4.83. The maximum Gasteiger partial charge on any atom is 0.168 e. The van der Waals surface area contributed by atoms with Crippen LogP contribution in [0.15, 0.2) is 12.1 Å². The second kappa shape index (κ2) is 4.71. The first-order chi connectivity index (χ1) is 8.79. The molecule has 1 heterocycles. The van der Waals surface area contributed by atoms with Crippen molar-refractivity contribution in [2.24, 2.45) is 5.92 Å². The highest BCUT2D eigenvalue weighted by atomic mass is 16.6. The molecule has 0 bridgehead atoms. The van der Waals surface area contributed by atoms with Gasteiger partial charge in [0.1, 0.15) is 5.75 Å². The maximum atomic E-state index is 12.4. The van der Waals surface area contributed by atoms with E-state index in [0.717, 1.165) is 37.2 Å². The number of fused-ring (bicyclic) bond motifs is 2. The fourth-order valence-electron chi connectivity index (χ4n) is 2.74. The van der Waals surface area contributed by atoms with Crippen LogP contribution < -0.4 is 10.2 Å². The topological polar surface area (TPSA) is 47.6 Å². The Bertz CT molecular complexity index is 484. The quantitative estimate of drug-likeness (QED) is 0.823. The zero-order chi connectivity index (χ0) is 12.5. The number of rotatable bonds is 3. The molecule has 96 valence electrons. The van der Waals surface area contributed by atoms with E-state index in [1.807, 2.05) is 6.07 Å². The van der Waals surface area contributed by atoms with Crippen LogP contribution >= 0.6 is 0 Å². The van der Waals surface area contributed by atoms with Gasteiger partial charge in [-0.05, 0) is 30.0 Å². The smallest absolute Gasteiger partial charge is 0.168 e. The van der Waals surface area contributed by atoms with Crippen molar-refractivity contribution >= 4 is 5.78 Å². The van der Waals surface area contributed by atoms with Crippen LogP contribution in [-0.2, 0) is 17.7 Å². The normalized spacial score (nSPS) is 21.4. The predicted octanol–water partition coefficient (Wildman–Crippen LogP) is 1.52. The number of benzene rings is 1. The zero-order valence-electron chi connectivity index (χ0n) is 10.5. The first-order valence-corrected chi connectivity index (χ1v) is 6.41. The summed E-state index contributed by atoms with van der Waals surface area (Å²) in [5, 5.41) is 0. The molecule has 0 saturated carbocycles. The standard InChI is InChI=1S/C14H17NO3/c1-15-18-8-11-3-2-9-6-10-4-5-17-13(10)7-12(9)14(11)16/h6-7,11,15H,2-5,8H2,1H3. The molecule has 1 aliphatic carbocycles. The highest BCUT2D eigenvalue weighted by Gasteiger charge is 2.29. The van der Waals surface area contributed by atoms with Crippen molar-refractivity contribution in [2.75, 3.05) is 20.3 Å². The Morgan fingerprint density at radius 2 is 2.28 bits per heavy atom. The fourth-order valence-corrected chi connectivity index (χ4v) is 2.74. The molecule has 18 heavy (non-hydrogen) atoms. The molecule has 0 saturated heterocycles. The number of carbonyl (C=O) groups is 1. The van der Waals surface area contributed by atoms with Crippen LogP contribution in [0.25, 0.3) is 0 Å². The van der Waals surface area contributed by atoms with Crippen LogP contribution in [0.3, 0.4) is 0 Å². The number of hydrogen-bond acceptors (Lipinski definition) is 4. The zero-order valence-corrected chi connectivity index (χ0v) is 10.5. The van der Waals surface area contributed by atoms with Crippen LogP contribution in [0.5, 0.6) is 5.75 Å². The van der Waals surface area contributed by atoms with Gasteiger partial charge in [-0.2, -0.15) is 0 Å². The summed E-state index contributed by atoms with van der Waals surface area (Å²) in [6.07, 6.45) is 2.78. The van der Waals surface area contributed by atoms with Gasteiger partial charge in [-0.1, -0.05) is 6.07 Å². The molecule has 0 spiro atoms. The number of carbonyl (C=O) groups excluding carboxylic acids is 1. The van der Waals surface area contributed by atoms with E-state index in [-0.39, 0.29) is 11.7 Å². The van der Waals surface area contributed by atoms with Gasteiger partial charge in [-0.3, -0.25) is 4.79 Å². The van der Waals surface area contributed by atoms with E-state index in [0.29, 0.717) is 6.61 Å². The molecule has 4 heteroatoms. The van der Waals surface area contributed by atoms with Gasteiger partial charge >= 0.3 is 0 Å². The molecule has 4 nitrogen and oxygen atoms in total. The summed E-state index contributed by atoms with van der Waals surface area (Å²) >= 11 is 0. The van der Waals surface area contributed by atoms with Crippen molar-refractivity contribution in [3.05, 3.63) is 28.8 Å². The number of nitrogens with one attached hydrogen (secondary N) is 1. The Hall–Kier alpha value is -1.39. The first-order valence-electron chi connectivity index (χ1n) is 6.41.